The summed E-state index contributed by atoms with van der Waals surface area (Å²) in [6.45, 7) is 3.69. The molecule has 1 aromatic carbocycles. The molecule has 0 spiro atoms. The summed E-state index contributed by atoms with van der Waals surface area (Å²) in [7, 11) is 0. The summed E-state index contributed by atoms with van der Waals surface area (Å²) in [5.74, 6) is -3.26. The maximum Gasteiger partial charge on any atom is 0.257 e. The fourth-order valence-corrected chi connectivity index (χ4v) is 2.07. The molecule has 0 unspecified atom stereocenters. The Bertz CT molecular complexity index is 543. The smallest absolute Gasteiger partial charge is 0.257 e. The first kappa shape index (κ1) is 13.5. The monoisotopic (exact) mass is 268 g/mol. The standard InChI is InChI=1S/C13H14F2N2O2/c1-13(2)12(19)16-6-7-17(13)11(18)8-4-3-5-9(14)10(8)15/h3-5H,6-7H2,1-2H3,(H,16,19). The summed E-state index contributed by atoms with van der Waals surface area (Å²) in [6, 6.07) is 3.42. The highest BCUT2D eigenvalue weighted by Crippen LogP contribution is 2.22. The molecular formula is C13H14F2N2O2. The molecule has 0 radical (unpaired) electrons. The topological polar surface area (TPSA) is 49.4 Å². The number of benzene rings is 1. The van der Waals surface area contributed by atoms with Crippen LogP contribution in [0.1, 0.15) is 24.2 Å². The van der Waals surface area contributed by atoms with Crippen molar-refractivity contribution in [2.24, 2.45) is 0 Å². The van der Waals surface area contributed by atoms with Crippen molar-refractivity contribution in [1.82, 2.24) is 10.2 Å². The molecule has 0 saturated carbocycles. The van der Waals surface area contributed by atoms with E-state index in [9.17, 15) is 18.4 Å². The first-order chi connectivity index (χ1) is 8.85. The summed E-state index contributed by atoms with van der Waals surface area (Å²) in [5.41, 5.74) is -1.45. The Labute approximate surface area is 109 Å². The molecule has 2 rings (SSSR count). The Kier molecular flexibility index (Phi) is 3.26. The molecule has 1 N–H and O–H groups in total. The third-order valence-electron chi connectivity index (χ3n) is 3.28. The lowest BCUT2D eigenvalue weighted by atomic mass is 9.97. The third-order valence-corrected chi connectivity index (χ3v) is 3.28. The number of carbonyl (C=O) groups is 2. The van der Waals surface area contributed by atoms with E-state index < -0.39 is 23.1 Å². The Morgan fingerprint density at radius 2 is 2.05 bits per heavy atom. The lowest BCUT2D eigenvalue weighted by molar-refractivity contribution is -0.133. The van der Waals surface area contributed by atoms with Gasteiger partial charge >= 0.3 is 0 Å². The van der Waals surface area contributed by atoms with Crippen molar-refractivity contribution in [1.29, 1.82) is 0 Å². The summed E-state index contributed by atoms with van der Waals surface area (Å²) >= 11 is 0. The van der Waals surface area contributed by atoms with Crippen LogP contribution in [0.25, 0.3) is 0 Å². The minimum atomic E-state index is -1.19. The second-order valence-electron chi connectivity index (χ2n) is 4.87. The minimum Gasteiger partial charge on any atom is -0.352 e. The molecule has 0 aromatic heterocycles. The van der Waals surface area contributed by atoms with Crippen molar-refractivity contribution in [3.63, 3.8) is 0 Å². The van der Waals surface area contributed by atoms with Gasteiger partial charge in [-0.3, -0.25) is 9.59 Å². The van der Waals surface area contributed by atoms with Crippen molar-refractivity contribution in [3.05, 3.63) is 35.4 Å². The molecule has 2 amide bonds. The van der Waals surface area contributed by atoms with Gasteiger partial charge in [-0.15, -0.1) is 0 Å². The summed E-state index contributed by atoms with van der Waals surface area (Å²) in [6.07, 6.45) is 0. The molecule has 19 heavy (non-hydrogen) atoms. The van der Waals surface area contributed by atoms with Crippen LogP contribution in [-0.2, 0) is 4.79 Å². The van der Waals surface area contributed by atoms with Gasteiger partial charge in [-0.2, -0.15) is 0 Å². The van der Waals surface area contributed by atoms with Crippen LogP contribution in [0.2, 0.25) is 0 Å². The van der Waals surface area contributed by atoms with Crippen molar-refractivity contribution in [2.75, 3.05) is 13.1 Å². The van der Waals surface area contributed by atoms with Gasteiger partial charge in [0.2, 0.25) is 5.91 Å². The average molecular weight is 268 g/mol. The van der Waals surface area contributed by atoms with E-state index in [0.717, 1.165) is 6.07 Å². The Balaban J connectivity index is 2.38. The van der Waals surface area contributed by atoms with Crippen molar-refractivity contribution >= 4 is 11.8 Å². The van der Waals surface area contributed by atoms with Crippen LogP contribution in [0, 0.1) is 11.6 Å². The first-order valence-electron chi connectivity index (χ1n) is 5.90. The lowest BCUT2D eigenvalue weighted by Crippen LogP contribution is -2.63. The van der Waals surface area contributed by atoms with Gasteiger partial charge < -0.3 is 10.2 Å². The van der Waals surface area contributed by atoms with E-state index in [-0.39, 0.29) is 18.0 Å². The van der Waals surface area contributed by atoms with E-state index in [4.69, 9.17) is 0 Å². The number of rotatable bonds is 1. The number of amides is 2. The molecule has 0 atom stereocenters. The number of piperazine rings is 1. The second-order valence-corrected chi connectivity index (χ2v) is 4.87. The highest BCUT2D eigenvalue weighted by Gasteiger charge is 2.41. The zero-order chi connectivity index (χ0) is 14.2. The predicted molar refractivity (Wildman–Crippen MR) is 64.5 cm³/mol. The molecule has 6 heteroatoms. The lowest BCUT2D eigenvalue weighted by Gasteiger charge is -2.41. The maximum atomic E-state index is 13.6. The van der Waals surface area contributed by atoms with Crippen LogP contribution >= 0.6 is 0 Å². The predicted octanol–water partition coefficient (Wildman–Crippen LogP) is 1.32. The highest BCUT2D eigenvalue weighted by atomic mass is 19.2. The molecule has 4 nitrogen and oxygen atoms in total. The molecule has 102 valence electrons. The summed E-state index contributed by atoms with van der Waals surface area (Å²) in [5, 5.41) is 2.63. The fraction of sp³-hybridized carbons (Fsp3) is 0.385. The van der Waals surface area contributed by atoms with Crippen LogP contribution in [0.5, 0.6) is 0 Å². The molecule has 1 aliphatic heterocycles. The van der Waals surface area contributed by atoms with Gasteiger partial charge in [-0.05, 0) is 26.0 Å². The minimum absolute atomic E-state index is 0.257. The Hall–Kier alpha value is -1.98. The molecular weight excluding hydrogens is 254 g/mol. The van der Waals surface area contributed by atoms with E-state index in [1.54, 1.807) is 13.8 Å². The summed E-state index contributed by atoms with van der Waals surface area (Å²) in [4.78, 5) is 25.3. The summed E-state index contributed by atoms with van der Waals surface area (Å²) < 4.78 is 26.8. The van der Waals surface area contributed by atoms with Gasteiger partial charge in [0.1, 0.15) is 5.54 Å². The van der Waals surface area contributed by atoms with Crippen molar-refractivity contribution < 1.29 is 18.4 Å². The van der Waals surface area contributed by atoms with Crippen LogP contribution < -0.4 is 5.32 Å². The van der Waals surface area contributed by atoms with Crippen molar-refractivity contribution in [2.45, 2.75) is 19.4 Å². The quantitative estimate of drug-likeness (QED) is 0.835. The highest BCUT2D eigenvalue weighted by molar-refractivity contribution is 5.99. The number of nitrogens with one attached hydrogen (secondary N) is 1. The van der Waals surface area contributed by atoms with E-state index >= 15 is 0 Å². The van der Waals surface area contributed by atoms with Gasteiger partial charge in [0, 0.05) is 13.1 Å². The third kappa shape index (κ3) is 2.18. The number of hydrogen-bond acceptors (Lipinski definition) is 2. The Morgan fingerprint density at radius 1 is 1.37 bits per heavy atom. The van der Waals surface area contributed by atoms with Crippen LogP contribution in [0.15, 0.2) is 18.2 Å². The number of nitrogens with zero attached hydrogens (tertiary/aromatic N) is 1. The van der Waals surface area contributed by atoms with Crippen LogP contribution in [-0.4, -0.2) is 35.3 Å². The number of hydrogen-bond donors (Lipinski definition) is 1. The van der Waals surface area contributed by atoms with E-state index in [2.05, 4.69) is 5.32 Å². The van der Waals surface area contributed by atoms with Crippen LogP contribution in [0.3, 0.4) is 0 Å². The molecule has 1 saturated heterocycles. The van der Waals surface area contributed by atoms with Gasteiger partial charge in [0.15, 0.2) is 11.6 Å². The zero-order valence-corrected chi connectivity index (χ0v) is 10.7. The maximum absolute atomic E-state index is 13.6. The van der Waals surface area contributed by atoms with Gasteiger partial charge in [0.25, 0.3) is 5.91 Å². The van der Waals surface area contributed by atoms with Gasteiger partial charge in [-0.25, -0.2) is 8.78 Å². The van der Waals surface area contributed by atoms with E-state index in [1.165, 1.54) is 17.0 Å². The van der Waals surface area contributed by atoms with E-state index in [1.807, 2.05) is 0 Å². The molecule has 1 heterocycles. The van der Waals surface area contributed by atoms with Gasteiger partial charge in [-0.1, -0.05) is 6.07 Å². The number of halogens is 2. The Morgan fingerprint density at radius 3 is 2.74 bits per heavy atom. The molecule has 0 bridgehead atoms. The zero-order valence-electron chi connectivity index (χ0n) is 10.7. The largest absolute Gasteiger partial charge is 0.352 e. The van der Waals surface area contributed by atoms with Crippen molar-refractivity contribution in [3.8, 4) is 0 Å². The normalized spacial score (nSPS) is 18.1. The molecule has 0 aliphatic carbocycles. The van der Waals surface area contributed by atoms with Gasteiger partial charge in [0.05, 0.1) is 5.56 Å². The molecule has 1 aromatic rings. The number of carbonyl (C=O) groups excluding carboxylic acids is 2. The SMILES string of the molecule is CC1(C)C(=O)NCCN1C(=O)c1cccc(F)c1F. The molecule has 1 fully saturated rings. The first-order valence-corrected chi connectivity index (χ1v) is 5.90. The van der Waals surface area contributed by atoms with Crippen LogP contribution in [0.4, 0.5) is 8.78 Å². The molecule has 1 aliphatic rings. The fourth-order valence-electron chi connectivity index (χ4n) is 2.07. The van der Waals surface area contributed by atoms with E-state index in [0.29, 0.717) is 6.54 Å². The second kappa shape index (κ2) is 4.60. The average Bonchev–Trinajstić information content (AvgIpc) is 2.35.